The molecule has 2 heterocycles. The summed E-state index contributed by atoms with van der Waals surface area (Å²) in [6.45, 7) is 4.34. The van der Waals surface area contributed by atoms with E-state index >= 15 is 0 Å². The Labute approximate surface area is 150 Å². The van der Waals surface area contributed by atoms with Gasteiger partial charge in [-0.25, -0.2) is 9.97 Å². The number of benzene rings is 2. The van der Waals surface area contributed by atoms with Gasteiger partial charge in [-0.3, -0.25) is 0 Å². The smallest absolute Gasteiger partial charge is 0.116 e. The maximum absolute atomic E-state index is 4.56. The molecular formula is C19H19BrN4. The molecule has 0 bridgehead atoms. The first-order valence-electron chi connectivity index (χ1n) is 8.15. The third kappa shape index (κ3) is 3.01. The molecule has 1 aliphatic rings. The van der Waals surface area contributed by atoms with Gasteiger partial charge in [0, 0.05) is 47.3 Å². The van der Waals surface area contributed by atoms with Crippen LogP contribution in [0.4, 0.5) is 5.69 Å². The Kier molecular flexibility index (Phi) is 4.21. The molecule has 24 heavy (non-hydrogen) atoms. The van der Waals surface area contributed by atoms with E-state index < -0.39 is 0 Å². The van der Waals surface area contributed by atoms with Crippen LogP contribution in [0.1, 0.15) is 0 Å². The molecule has 1 fully saturated rings. The number of fused-ring (bicyclic) bond motifs is 1. The zero-order chi connectivity index (χ0) is 16.5. The number of hydrogen-bond donors (Lipinski definition) is 0. The van der Waals surface area contributed by atoms with E-state index in [4.69, 9.17) is 0 Å². The lowest BCUT2D eigenvalue weighted by atomic mass is 10.1. The van der Waals surface area contributed by atoms with Gasteiger partial charge in [-0.15, -0.1) is 0 Å². The second kappa shape index (κ2) is 6.49. The molecule has 3 aromatic rings. The van der Waals surface area contributed by atoms with Crippen molar-refractivity contribution in [1.82, 2.24) is 14.9 Å². The van der Waals surface area contributed by atoms with Crippen LogP contribution in [-0.4, -0.2) is 48.1 Å². The number of nitrogens with zero attached hydrogens (tertiary/aromatic N) is 4. The van der Waals surface area contributed by atoms with Crippen molar-refractivity contribution in [3.8, 4) is 11.3 Å². The predicted octanol–water partition coefficient (Wildman–Crippen LogP) is 3.81. The fraction of sp³-hybridized carbons (Fsp3) is 0.263. The van der Waals surface area contributed by atoms with Crippen molar-refractivity contribution in [2.45, 2.75) is 0 Å². The van der Waals surface area contributed by atoms with Crippen LogP contribution in [0.3, 0.4) is 0 Å². The summed E-state index contributed by atoms with van der Waals surface area (Å²) in [7, 11) is 2.18. The van der Waals surface area contributed by atoms with Crippen molar-refractivity contribution in [2.24, 2.45) is 0 Å². The zero-order valence-electron chi connectivity index (χ0n) is 13.6. The van der Waals surface area contributed by atoms with Gasteiger partial charge < -0.3 is 9.80 Å². The van der Waals surface area contributed by atoms with Gasteiger partial charge in [-0.05, 0) is 37.4 Å². The molecular weight excluding hydrogens is 364 g/mol. The SMILES string of the molecule is CN1CCN(c2cccc(-c3ncnc4ccc(Br)cc34)c2)CC1. The van der Waals surface area contributed by atoms with Gasteiger partial charge in [0.2, 0.25) is 0 Å². The van der Waals surface area contributed by atoms with Crippen molar-refractivity contribution in [1.29, 1.82) is 0 Å². The van der Waals surface area contributed by atoms with Crippen molar-refractivity contribution in [3.63, 3.8) is 0 Å². The monoisotopic (exact) mass is 382 g/mol. The van der Waals surface area contributed by atoms with Crippen LogP contribution in [0.15, 0.2) is 53.3 Å². The molecule has 0 saturated carbocycles. The highest BCUT2D eigenvalue weighted by atomic mass is 79.9. The van der Waals surface area contributed by atoms with E-state index in [1.165, 1.54) is 5.69 Å². The number of aromatic nitrogens is 2. The first-order valence-corrected chi connectivity index (χ1v) is 8.94. The summed E-state index contributed by atoms with van der Waals surface area (Å²) < 4.78 is 1.04. The van der Waals surface area contributed by atoms with Gasteiger partial charge in [0.15, 0.2) is 0 Å². The number of piperazine rings is 1. The number of rotatable bonds is 2. The fourth-order valence-corrected chi connectivity index (χ4v) is 3.53. The van der Waals surface area contributed by atoms with Crippen LogP contribution in [0.2, 0.25) is 0 Å². The van der Waals surface area contributed by atoms with E-state index in [1.807, 2.05) is 12.1 Å². The maximum atomic E-state index is 4.56. The van der Waals surface area contributed by atoms with E-state index in [0.29, 0.717) is 0 Å². The maximum Gasteiger partial charge on any atom is 0.116 e. The van der Waals surface area contributed by atoms with Crippen molar-refractivity contribution >= 4 is 32.5 Å². The average Bonchev–Trinajstić information content (AvgIpc) is 2.62. The van der Waals surface area contributed by atoms with Crippen LogP contribution >= 0.6 is 15.9 Å². The van der Waals surface area contributed by atoms with Crippen LogP contribution in [0.25, 0.3) is 22.2 Å². The number of hydrogen-bond acceptors (Lipinski definition) is 4. The lowest BCUT2D eigenvalue weighted by Crippen LogP contribution is -2.44. The lowest BCUT2D eigenvalue weighted by Gasteiger charge is -2.34. The Balaban J connectivity index is 1.75. The summed E-state index contributed by atoms with van der Waals surface area (Å²) >= 11 is 3.55. The number of halogens is 1. The molecule has 0 unspecified atom stereocenters. The molecule has 1 saturated heterocycles. The van der Waals surface area contributed by atoms with Crippen molar-refractivity contribution in [2.75, 3.05) is 38.1 Å². The van der Waals surface area contributed by atoms with Gasteiger partial charge in [-0.1, -0.05) is 28.1 Å². The Morgan fingerprint density at radius 2 is 1.79 bits per heavy atom. The minimum atomic E-state index is 0.966. The number of likely N-dealkylation sites (N-methyl/N-ethyl adjacent to an activating group) is 1. The predicted molar refractivity (Wildman–Crippen MR) is 102 cm³/mol. The standard InChI is InChI=1S/C19H19BrN4/c1-23-7-9-24(10-8-23)16-4-2-3-14(11-16)19-17-12-15(20)5-6-18(17)21-13-22-19/h2-6,11-13H,7-10H2,1H3. The summed E-state index contributed by atoms with van der Waals surface area (Å²) in [6, 6.07) is 14.8. The zero-order valence-corrected chi connectivity index (χ0v) is 15.2. The highest BCUT2D eigenvalue weighted by molar-refractivity contribution is 9.10. The lowest BCUT2D eigenvalue weighted by molar-refractivity contribution is 0.313. The molecule has 5 heteroatoms. The summed E-state index contributed by atoms with van der Waals surface area (Å²) in [5, 5.41) is 1.07. The number of anilines is 1. The largest absolute Gasteiger partial charge is 0.369 e. The molecule has 122 valence electrons. The van der Waals surface area contributed by atoms with Gasteiger partial charge in [0.25, 0.3) is 0 Å². The van der Waals surface area contributed by atoms with Crippen molar-refractivity contribution < 1.29 is 0 Å². The Hall–Kier alpha value is -1.98. The van der Waals surface area contributed by atoms with Crippen LogP contribution in [0.5, 0.6) is 0 Å². The highest BCUT2D eigenvalue weighted by Gasteiger charge is 2.15. The van der Waals surface area contributed by atoms with E-state index in [0.717, 1.165) is 52.8 Å². The van der Waals surface area contributed by atoms with E-state index in [9.17, 15) is 0 Å². The molecule has 2 aromatic carbocycles. The molecule has 4 rings (SSSR count). The third-order valence-electron chi connectivity index (χ3n) is 4.59. The third-order valence-corrected chi connectivity index (χ3v) is 5.08. The normalized spacial score (nSPS) is 15.8. The quantitative estimate of drug-likeness (QED) is 0.674. The molecule has 4 nitrogen and oxygen atoms in total. The van der Waals surface area contributed by atoms with E-state index in [1.54, 1.807) is 6.33 Å². The molecule has 0 N–H and O–H groups in total. The Bertz CT molecular complexity index is 872. The van der Waals surface area contributed by atoms with Crippen LogP contribution in [-0.2, 0) is 0 Å². The van der Waals surface area contributed by atoms with Crippen LogP contribution in [0, 0.1) is 0 Å². The van der Waals surface area contributed by atoms with Gasteiger partial charge in [-0.2, -0.15) is 0 Å². The average molecular weight is 383 g/mol. The second-order valence-corrected chi connectivity index (χ2v) is 7.14. The van der Waals surface area contributed by atoms with Crippen molar-refractivity contribution in [3.05, 3.63) is 53.3 Å². The molecule has 0 aliphatic carbocycles. The van der Waals surface area contributed by atoms with Gasteiger partial charge in [0.05, 0.1) is 11.2 Å². The summed E-state index contributed by atoms with van der Waals surface area (Å²) in [5.41, 5.74) is 4.35. The summed E-state index contributed by atoms with van der Waals surface area (Å²) in [5.74, 6) is 0. The molecule has 0 atom stereocenters. The molecule has 0 spiro atoms. The molecule has 0 radical (unpaired) electrons. The minimum Gasteiger partial charge on any atom is -0.369 e. The molecule has 0 amide bonds. The highest BCUT2D eigenvalue weighted by Crippen LogP contribution is 2.30. The Morgan fingerprint density at radius 1 is 0.958 bits per heavy atom. The topological polar surface area (TPSA) is 32.3 Å². The summed E-state index contributed by atoms with van der Waals surface area (Å²) in [4.78, 5) is 13.8. The van der Waals surface area contributed by atoms with E-state index in [2.05, 4.69) is 73.1 Å². The first-order chi connectivity index (χ1) is 11.7. The van der Waals surface area contributed by atoms with Gasteiger partial charge in [0.1, 0.15) is 6.33 Å². The first kappa shape index (κ1) is 15.5. The second-order valence-electron chi connectivity index (χ2n) is 6.22. The fourth-order valence-electron chi connectivity index (χ4n) is 3.17. The molecule has 1 aromatic heterocycles. The minimum absolute atomic E-state index is 0.966. The molecule has 1 aliphatic heterocycles. The van der Waals surface area contributed by atoms with Crippen LogP contribution < -0.4 is 4.90 Å². The summed E-state index contributed by atoms with van der Waals surface area (Å²) in [6.07, 6.45) is 1.65. The van der Waals surface area contributed by atoms with Gasteiger partial charge >= 0.3 is 0 Å². The van der Waals surface area contributed by atoms with E-state index in [-0.39, 0.29) is 0 Å². The Morgan fingerprint density at radius 3 is 2.62 bits per heavy atom.